The third kappa shape index (κ3) is 4.03. The van der Waals surface area contributed by atoms with Gasteiger partial charge in [-0.2, -0.15) is 0 Å². The number of carbonyl (C=O) groups is 1. The van der Waals surface area contributed by atoms with Crippen molar-refractivity contribution in [3.8, 4) is 0 Å². The van der Waals surface area contributed by atoms with Gasteiger partial charge in [-0.25, -0.2) is 8.42 Å². The van der Waals surface area contributed by atoms with E-state index in [2.05, 4.69) is 5.32 Å². The fourth-order valence-corrected chi connectivity index (χ4v) is 2.83. The number of halogens is 1. The van der Waals surface area contributed by atoms with Crippen LogP contribution in [0.15, 0.2) is 42.5 Å². The second kappa shape index (κ2) is 6.60. The lowest BCUT2D eigenvalue weighted by Gasteiger charge is -2.19. The molecule has 0 spiro atoms. The van der Waals surface area contributed by atoms with E-state index < -0.39 is 10.0 Å². The molecule has 0 aromatic heterocycles. The van der Waals surface area contributed by atoms with Crippen molar-refractivity contribution in [2.75, 3.05) is 22.9 Å². The van der Waals surface area contributed by atoms with Crippen molar-refractivity contribution in [1.29, 1.82) is 0 Å². The summed E-state index contributed by atoms with van der Waals surface area (Å²) in [5.41, 5.74) is 2.16. The minimum Gasteiger partial charge on any atom is -0.321 e. The number of aryl methyl sites for hydroxylation is 1. The average Bonchev–Trinajstić information content (AvgIpc) is 2.48. The van der Waals surface area contributed by atoms with E-state index in [-0.39, 0.29) is 5.91 Å². The van der Waals surface area contributed by atoms with Gasteiger partial charge in [0.25, 0.3) is 5.91 Å². The van der Waals surface area contributed by atoms with Crippen molar-refractivity contribution >= 4 is 38.9 Å². The zero-order valence-corrected chi connectivity index (χ0v) is 14.6. The summed E-state index contributed by atoms with van der Waals surface area (Å²) < 4.78 is 24.4. The van der Waals surface area contributed by atoms with Crippen LogP contribution in [-0.2, 0) is 10.0 Å². The van der Waals surface area contributed by atoms with E-state index in [9.17, 15) is 13.2 Å². The van der Waals surface area contributed by atoms with Gasteiger partial charge in [0, 0.05) is 12.6 Å². The number of para-hydroxylation sites is 1. The predicted octanol–water partition coefficient (Wildman–Crippen LogP) is 3.30. The molecule has 0 aliphatic rings. The largest absolute Gasteiger partial charge is 0.321 e. The normalized spacial score (nSPS) is 11.1. The summed E-state index contributed by atoms with van der Waals surface area (Å²) in [5, 5.41) is 3.18. The average molecular weight is 353 g/mol. The summed E-state index contributed by atoms with van der Waals surface area (Å²) in [6.07, 6.45) is 1.13. The van der Waals surface area contributed by atoms with Crippen LogP contribution in [0.3, 0.4) is 0 Å². The Balaban J connectivity index is 2.27. The van der Waals surface area contributed by atoms with Crippen LogP contribution in [0.1, 0.15) is 15.9 Å². The first-order valence-corrected chi connectivity index (χ1v) is 9.03. The van der Waals surface area contributed by atoms with E-state index >= 15 is 0 Å². The molecule has 0 saturated carbocycles. The lowest BCUT2D eigenvalue weighted by molar-refractivity contribution is 0.102. The summed E-state index contributed by atoms with van der Waals surface area (Å²) in [5.74, 6) is -0.310. The lowest BCUT2D eigenvalue weighted by atomic mass is 10.1. The van der Waals surface area contributed by atoms with Gasteiger partial charge in [-0.15, -0.1) is 0 Å². The van der Waals surface area contributed by atoms with Gasteiger partial charge in [0.15, 0.2) is 0 Å². The molecule has 2 rings (SSSR count). The molecule has 7 heteroatoms. The van der Waals surface area contributed by atoms with E-state index in [1.54, 1.807) is 49.4 Å². The fourth-order valence-electron chi connectivity index (χ4n) is 2.09. The number of anilines is 2. The van der Waals surface area contributed by atoms with Crippen LogP contribution in [0, 0.1) is 6.92 Å². The Labute approximate surface area is 140 Å². The highest BCUT2D eigenvalue weighted by Gasteiger charge is 2.16. The van der Waals surface area contributed by atoms with Gasteiger partial charge in [0.05, 0.1) is 22.7 Å². The molecule has 0 aliphatic carbocycles. The molecule has 0 radical (unpaired) electrons. The van der Waals surface area contributed by atoms with Gasteiger partial charge < -0.3 is 5.32 Å². The van der Waals surface area contributed by atoms with Crippen molar-refractivity contribution < 1.29 is 13.2 Å². The maximum Gasteiger partial charge on any atom is 0.255 e. The smallest absolute Gasteiger partial charge is 0.255 e. The maximum atomic E-state index is 12.3. The molecule has 23 heavy (non-hydrogen) atoms. The molecular weight excluding hydrogens is 336 g/mol. The number of benzene rings is 2. The maximum absolute atomic E-state index is 12.3. The van der Waals surface area contributed by atoms with Crippen LogP contribution < -0.4 is 9.62 Å². The van der Waals surface area contributed by atoms with E-state index in [0.717, 1.165) is 6.26 Å². The van der Waals surface area contributed by atoms with Crippen LogP contribution in [-0.4, -0.2) is 27.6 Å². The number of carbonyl (C=O) groups excluding carboxylic acids is 1. The Morgan fingerprint density at radius 3 is 2.39 bits per heavy atom. The molecule has 122 valence electrons. The molecule has 1 N–H and O–H groups in total. The SMILES string of the molecule is Cc1cc(C(=O)Nc2ccccc2Cl)ccc1N(C)S(C)(=O)=O. The highest BCUT2D eigenvalue weighted by atomic mass is 35.5. The van der Waals surface area contributed by atoms with Gasteiger partial charge in [0.2, 0.25) is 10.0 Å². The second-order valence-corrected chi connectivity index (χ2v) is 7.59. The van der Waals surface area contributed by atoms with Crippen LogP contribution >= 0.6 is 11.6 Å². The Bertz CT molecular complexity index is 850. The first-order valence-electron chi connectivity index (χ1n) is 6.80. The van der Waals surface area contributed by atoms with Gasteiger partial charge in [-0.1, -0.05) is 23.7 Å². The standard InChI is InChI=1S/C16H17ClN2O3S/c1-11-10-12(8-9-15(11)19(2)23(3,21)22)16(20)18-14-7-5-4-6-13(14)17/h4-10H,1-3H3,(H,18,20). The molecule has 1 amide bonds. The van der Waals surface area contributed by atoms with Crippen molar-refractivity contribution in [2.24, 2.45) is 0 Å². The number of amides is 1. The predicted molar refractivity (Wildman–Crippen MR) is 93.8 cm³/mol. The summed E-state index contributed by atoms with van der Waals surface area (Å²) in [6, 6.07) is 11.8. The third-order valence-electron chi connectivity index (χ3n) is 3.42. The first-order chi connectivity index (χ1) is 10.7. The van der Waals surface area contributed by atoms with Crippen LogP contribution in [0.4, 0.5) is 11.4 Å². The summed E-state index contributed by atoms with van der Waals surface area (Å²) in [7, 11) is -1.88. The van der Waals surface area contributed by atoms with Crippen LogP contribution in [0.25, 0.3) is 0 Å². The van der Waals surface area contributed by atoms with Crippen molar-refractivity contribution in [2.45, 2.75) is 6.92 Å². The van der Waals surface area contributed by atoms with E-state index in [1.807, 2.05) is 0 Å². The molecule has 2 aromatic carbocycles. The summed E-state index contributed by atoms with van der Waals surface area (Å²) >= 11 is 6.02. The van der Waals surface area contributed by atoms with Crippen molar-refractivity contribution in [3.05, 3.63) is 58.6 Å². The number of hydrogen-bond donors (Lipinski definition) is 1. The molecule has 0 saturated heterocycles. The first kappa shape index (κ1) is 17.3. The summed E-state index contributed by atoms with van der Waals surface area (Å²) in [4.78, 5) is 12.3. The molecule has 0 unspecified atom stereocenters. The quantitative estimate of drug-likeness (QED) is 0.918. The van der Waals surface area contributed by atoms with Crippen molar-refractivity contribution in [3.63, 3.8) is 0 Å². The minimum absolute atomic E-state index is 0.310. The molecule has 0 bridgehead atoms. The van der Waals surface area contributed by atoms with E-state index in [1.165, 1.54) is 11.4 Å². The summed E-state index contributed by atoms with van der Waals surface area (Å²) in [6.45, 7) is 1.75. The number of rotatable bonds is 4. The highest BCUT2D eigenvalue weighted by molar-refractivity contribution is 7.92. The third-order valence-corrected chi connectivity index (χ3v) is 4.94. The molecular formula is C16H17ClN2O3S. The van der Waals surface area contributed by atoms with Crippen LogP contribution in [0.2, 0.25) is 5.02 Å². The molecule has 5 nitrogen and oxygen atoms in total. The Kier molecular flexibility index (Phi) is 4.97. The lowest BCUT2D eigenvalue weighted by Crippen LogP contribution is -2.25. The Hall–Kier alpha value is -2.05. The van der Waals surface area contributed by atoms with Crippen molar-refractivity contribution in [1.82, 2.24) is 0 Å². The number of sulfonamides is 1. The zero-order valence-electron chi connectivity index (χ0n) is 13.0. The van der Waals surface area contributed by atoms with Gasteiger partial charge in [-0.3, -0.25) is 9.10 Å². The van der Waals surface area contributed by atoms with E-state index in [4.69, 9.17) is 11.6 Å². The Morgan fingerprint density at radius 2 is 1.83 bits per heavy atom. The van der Waals surface area contributed by atoms with E-state index in [0.29, 0.717) is 27.5 Å². The highest BCUT2D eigenvalue weighted by Crippen LogP contribution is 2.24. The topological polar surface area (TPSA) is 66.5 Å². The van der Waals surface area contributed by atoms with Gasteiger partial charge in [-0.05, 0) is 42.8 Å². The Morgan fingerprint density at radius 1 is 1.17 bits per heavy atom. The second-order valence-electron chi connectivity index (χ2n) is 5.17. The molecule has 0 atom stereocenters. The molecule has 0 heterocycles. The van der Waals surface area contributed by atoms with Gasteiger partial charge >= 0.3 is 0 Å². The number of hydrogen-bond acceptors (Lipinski definition) is 3. The number of nitrogens with zero attached hydrogens (tertiary/aromatic N) is 1. The molecule has 0 fully saturated rings. The van der Waals surface area contributed by atoms with Crippen LogP contribution in [0.5, 0.6) is 0 Å². The number of nitrogens with one attached hydrogen (secondary N) is 1. The van der Waals surface area contributed by atoms with Gasteiger partial charge in [0.1, 0.15) is 0 Å². The zero-order chi connectivity index (χ0) is 17.2. The molecule has 0 aliphatic heterocycles. The fraction of sp³-hybridized carbons (Fsp3) is 0.188. The minimum atomic E-state index is -3.35. The monoisotopic (exact) mass is 352 g/mol. The molecule has 2 aromatic rings.